The van der Waals surface area contributed by atoms with Crippen LogP contribution in [-0.2, 0) is 0 Å². The first-order chi connectivity index (χ1) is 8.11. The lowest BCUT2D eigenvalue weighted by Crippen LogP contribution is -2.31. The van der Waals surface area contributed by atoms with Gasteiger partial charge in [0.15, 0.2) is 0 Å². The van der Waals surface area contributed by atoms with Crippen molar-refractivity contribution in [3.63, 3.8) is 0 Å². The van der Waals surface area contributed by atoms with Crippen LogP contribution in [0.3, 0.4) is 0 Å². The van der Waals surface area contributed by atoms with Gasteiger partial charge >= 0.3 is 0 Å². The van der Waals surface area contributed by atoms with E-state index in [9.17, 15) is 9.59 Å². The van der Waals surface area contributed by atoms with E-state index < -0.39 is 0 Å². The minimum Gasteiger partial charge on any atom is -0.393 e. The summed E-state index contributed by atoms with van der Waals surface area (Å²) in [7, 11) is 0. The van der Waals surface area contributed by atoms with Crippen molar-refractivity contribution in [2.45, 2.75) is 12.8 Å². The molecular weight excluding hydrogens is 236 g/mol. The Kier molecular flexibility index (Phi) is 3.19. The van der Waals surface area contributed by atoms with Crippen LogP contribution in [-0.4, -0.2) is 28.2 Å². The minimum atomic E-state index is -0.228. The molecule has 2 amide bonds. The number of benzene rings is 1. The molecule has 2 N–H and O–H groups in total. The maximum absolute atomic E-state index is 11.9. The molecule has 1 aromatic carbocycles. The Labute approximate surface area is 104 Å². The molecule has 0 aliphatic carbocycles. The van der Waals surface area contributed by atoms with Crippen LogP contribution in [0.15, 0.2) is 24.3 Å². The van der Waals surface area contributed by atoms with Crippen molar-refractivity contribution in [1.29, 1.82) is 0 Å². The Hall–Kier alpha value is -1.75. The van der Waals surface area contributed by atoms with Gasteiger partial charge in [0.25, 0.3) is 11.8 Å². The lowest BCUT2D eigenvalue weighted by molar-refractivity contribution is 0.0653. The molecular formula is C12H12N2O2S. The summed E-state index contributed by atoms with van der Waals surface area (Å²) in [5.41, 5.74) is 6.33. The highest BCUT2D eigenvalue weighted by atomic mass is 32.1. The summed E-state index contributed by atoms with van der Waals surface area (Å²) in [6.45, 7) is 0.365. The largest absolute Gasteiger partial charge is 0.393 e. The number of amides is 2. The van der Waals surface area contributed by atoms with E-state index in [-0.39, 0.29) is 11.8 Å². The summed E-state index contributed by atoms with van der Waals surface area (Å²) < 4.78 is 0. The molecule has 2 rings (SSSR count). The van der Waals surface area contributed by atoms with Gasteiger partial charge in [-0.2, -0.15) is 0 Å². The highest BCUT2D eigenvalue weighted by Gasteiger charge is 2.34. The second-order valence-electron chi connectivity index (χ2n) is 3.88. The lowest BCUT2D eigenvalue weighted by Gasteiger charge is -2.12. The average Bonchev–Trinajstić information content (AvgIpc) is 2.54. The van der Waals surface area contributed by atoms with Gasteiger partial charge in [-0.15, -0.1) is 0 Å². The molecule has 0 bridgehead atoms. The third kappa shape index (κ3) is 2.19. The van der Waals surface area contributed by atoms with E-state index in [1.54, 1.807) is 24.3 Å². The second kappa shape index (κ2) is 4.63. The summed E-state index contributed by atoms with van der Waals surface area (Å²) in [5.74, 6) is -0.456. The zero-order chi connectivity index (χ0) is 12.4. The Balaban J connectivity index is 2.11. The summed E-state index contributed by atoms with van der Waals surface area (Å²) in [6.07, 6.45) is 1.16. The molecule has 0 saturated heterocycles. The van der Waals surface area contributed by atoms with Crippen molar-refractivity contribution in [2.75, 3.05) is 6.54 Å². The molecule has 17 heavy (non-hydrogen) atoms. The van der Waals surface area contributed by atoms with Crippen molar-refractivity contribution in [2.24, 2.45) is 5.73 Å². The number of fused-ring (bicyclic) bond motifs is 1. The average molecular weight is 248 g/mol. The van der Waals surface area contributed by atoms with Crippen molar-refractivity contribution < 1.29 is 9.59 Å². The first-order valence-electron chi connectivity index (χ1n) is 5.35. The predicted molar refractivity (Wildman–Crippen MR) is 67.8 cm³/mol. The molecule has 0 fully saturated rings. The van der Waals surface area contributed by atoms with E-state index in [1.807, 2.05) is 0 Å². The third-order valence-electron chi connectivity index (χ3n) is 2.68. The topological polar surface area (TPSA) is 63.4 Å². The molecule has 0 aromatic heterocycles. The van der Waals surface area contributed by atoms with Crippen molar-refractivity contribution in [1.82, 2.24) is 4.90 Å². The first-order valence-corrected chi connectivity index (χ1v) is 5.75. The highest BCUT2D eigenvalue weighted by molar-refractivity contribution is 7.80. The van der Waals surface area contributed by atoms with Gasteiger partial charge in [0.05, 0.1) is 16.1 Å². The number of carbonyl (C=O) groups is 2. The molecule has 0 spiro atoms. The Morgan fingerprint density at radius 2 is 1.71 bits per heavy atom. The number of carbonyl (C=O) groups excluding carboxylic acids is 2. The highest BCUT2D eigenvalue weighted by Crippen LogP contribution is 2.22. The minimum absolute atomic E-state index is 0.228. The zero-order valence-corrected chi connectivity index (χ0v) is 10.00. The van der Waals surface area contributed by atoms with Crippen LogP contribution in [0.5, 0.6) is 0 Å². The maximum Gasteiger partial charge on any atom is 0.261 e. The third-order valence-corrected chi connectivity index (χ3v) is 2.89. The molecule has 1 aliphatic heterocycles. The van der Waals surface area contributed by atoms with Gasteiger partial charge in [-0.25, -0.2) is 0 Å². The van der Waals surface area contributed by atoms with Crippen LogP contribution in [0.1, 0.15) is 33.6 Å². The van der Waals surface area contributed by atoms with Gasteiger partial charge in [-0.05, 0) is 25.0 Å². The summed E-state index contributed by atoms with van der Waals surface area (Å²) in [5, 5.41) is 0. The standard InChI is InChI=1S/C12H12N2O2S/c13-10(17)6-3-7-14-11(15)8-4-1-2-5-9(8)12(14)16/h1-2,4-5H,3,6-7H2,(H2,13,17). The maximum atomic E-state index is 11.9. The Morgan fingerprint density at radius 3 is 2.18 bits per heavy atom. The van der Waals surface area contributed by atoms with Crippen LogP contribution >= 0.6 is 12.2 Å². The second-order valence-corrected chi connectivity index (χ2v) is 4.40. The zero-order valence-electron chi connectivity index (χ0n) is 9.18. The number of nitrogens with two attached hydrogens (primary N) is 1. The number of hydrogen-bond acceptors (Lipinski definition) is 3. The van der Waals surface area contributed by atoms with Gasteiger partial charge in [0.2, 0.25) is 0 Å². The molecule has 4 nitrogen and oxygen atoms in total. The lowest BCUT2D eigenvalue weighted by atomic mass is 10.1. The van der Waals surface area contributed by atoms with E-state index >= 15 is 0 Å². The van der Waals surface area contributed by atoms with Gasteiger partial charge in [-0.1, -0.05) is 24.4 Å². The molecule has 1 heterocycles. The quantitative estimate of drug-likeness (QED) is 0.645. The van der Waals surface area contributed by atoms with Crippen molar-refractivity contribution >= 4 is 29.0 Å². The Morgan fingerprint density at radius 1 is 1.18 bits per heavy atom. The number of thiocarbonyl (C=S) groups is 1. The molecule has 0 unspecified atom stereocenters. The molecule has 5 heteroatoms. The predicted octanol–water partition coefficient (Wildman–Crippen LogP) is 1.35. The van der Waals surface area contributed by atoms with E-state index in [4.69, 9.17) is 18.0 Å². The van der Waals surface area contributed by atoms with E-state index in [1.165, 1.54) is 4.90 Å². The normalized spacial score (nSPS) is 14.0. The molecule has 0 saturated carbocycles. The molecule has 1 aromatic rings. The number of hydrogen-bond donors (Lipinski definition) is 1. The smallest absolute Gasteiger partial charge is 0.261 e. The van der Waals surface area contributed by atoms with Gasteiger partial charge < -0.3 is 5.73 Å². The molecule has 88 valence electrons. The molecule has 0 radical (unpaired) electrons. The number of nitrogens with zero attached hydrogens (tertiary/aromatic N) is 1. The molecule has 0 atom stereocenters. The van der Waals surface area contributed by atoms with Crippen molar-refractivity contribution in [3.05, 3.63) is 35.4 Å². The fraction of sp³-hybridized carbons (Fsp3) is 0.250. The SMILES string of the molecule is NC(=S)CCCN1C(=O)c2ccccc2C1=O. The van der Waals surface area contributed by atoms with Gasteiger partial charge in [0, 0.05) is 6.54 Å². The fourth-order valence-electron chi connectivity index (χ4n) is 1.85. The summed E-state index contributed by atoms with van der Waals surface area (Å²) >= 11 is 4.75. The number of imide groups is 1. The monoisotopic (exact) mass is 248 g/mol. The summed E-state index contributed by atoms with van der Waals surface area (Å²) in [6, 6.07) is 6.84. The van der Waals surface area contributed by atoms with Crippen LogP contribution in [0, 0.1) is 0 Å². The van der Waals surface area contributed by atoms with E-state index in [2.05, 4.69) is 0 Å². The van der Waals surface area contributed by atoms with Gasteiger partial charge in [0.1, 0.15) is 0 Å². The fourth-order valence-corrected chi connectivity index (χ4v) is 2.00. The molecule has 1 aliphatic rings. The number of rotatable bonds is 4. The van der Waals surface area contributed by atoms with Crippen LogP contribution in [0.4, 0.5) is 0 Å². The Bertz CT molecular complexity index is 464. The van der Waals surface area contributed by atoms with Gasteiger partial charge in [-0.3, -0.25) is 14.5 Å². The van der Waals surface area contributed by atoms with E-state index in [0.29, 0.717) is 35.5 Å². The van der Waals surface area contributed by atoms with E-state index in [0.717, 1.165) is 0 Å². The van der Waals surface area contributed by atoms with Crippen LogP contribution in [0.2, 0.25) is 0 Å². The summed E-state index contributed by atoms with van der Waals surface area (Å²) in [4.78, 5) is 25.5. The van der Waals surface area contributed by atoms with Crippen LogP contribution in [0.25, 0.3) is 0 Å². The first kappa shape index (κ1) is 11.7. The van der Waals surface area contributed by atoms with Crippen molar-refractivity contribution in [3.8, 4) is 0 Å². The van der Waals surface area contributed by atoms with Crippen LogP contribution < -0.4 is 5.73 Å².